The van der Waals surface area contributed by atoms with E-state index in [1.54, 1.807) is 0 Å². The minimum Gasteiger partial charge on any atom is -0.314 e. The second kappa shape index (κ2) is 5.99. The van der Waals surface area contributed by atoms with Gasteiger partial charge in [0.2, 0.25) is 0 Å². The molecule has 2 heterocycles. The number of rotatable bonds is 3. The average molecular weight is 320 g/mol. The van der Waals surface area contributed by atoms with Gasteiger partial charge in [0.05, 0.1) is 5.52 Å². The molecule has 3 rings (SSSR count). The standard InChI is InChI=1S/C15H18BrN3/c16-15-13(5-8-19-9-6-17-7-10-19)11-12-3-1-2-4-14(12)18-15/h1-4,11,17H,5-10H2. The van der Waals surface area contributed by atoms with Crippen LogP contribution in [0.4, 0.5) is 0 Å². The lowest BCUT2D eigenvalue weighted by Gasteiger charge is -2.27. The minimum atomic E-state index is 0.987. The van der Waals surface area contributed by atoms with Crippen LogP contribution in [-0.2, 0) is 6.42 Å². The molecule has 4 heteroatoms. The molecule has 1 aromatic heterocycles. The zero-order valence-corrected chi connectivity index (χ0v) is 12.5. The molecule has 1 aromatic carbocycles. The number of aromatic nitrogens is 1. The summed E-state index contributed by atoms with van der Waals surface area (Å²) in [5.74, 6) is 0. The molecule has 19 heavy (non-hydrogen) atoms. The first kappa shape index (κ1) is 13.0. The van der Waals surface area contributed by atoms with Crippen LogP contribution < -0.4 is 5.32 Å². The molecular formula is C15H18BrN3. The van der Waals surface area contributed by atoms with E-state index < -0.39 is 0 Å². The normalized spacial score (nSPS) is 16.9. The smallest absolute Gasteiger partial charge is 0.110 e. The van der Waals surface area contributed by atoms with Crippen LogP contribution in [0.15, 0.2) is 34.9 Å². The van der Waals surface area contributed by atoms with E-state index in [-0.39, 0.29) is 0 Å². The van der Waals surface area contributed by atoms with Gasteiger partial charge in [0.1, 0.15) is 4.60 Å². The Hall–Kier alpha value is -0.970. The summed E-state index contributed by atoms with van der Waals surface area (Å²) >= 11 is 3.60. The summed E-state index contributed by atoms with van der Waals surface area (Å²) in [7, 11) is 0. The topological polar surface area (TPSA) is 28.2 Å². The first-order valence-corrected chi connectivity index (χ1v) is 7.59. The molecule has 0 unspecified atom stereocenters. The fourth-order valence-electron chi connectivity index (χ4n) is 2.52. The van der Waals surface area contributed by atoms with E-state index in [1.165, 1.54) is 10.9 Å². The fraction of sp³-hybridized carbons (Fsp3) is 0.400. The number of fused-ring (bicyclic) bond motifs is 1. The average Bonchev–Trinajstić information content (AvgIpc) is 2.46. The van der Waals surface area contributed by atoms with Crippen LogP contribution >= 0.6 is 15.9 Å². The van der Waals surface area contributed by atoms with Crippen LogP contribution in [-0.4, -0.2) is 42.6 Å². The maximum atomic E-state index is 4.63. The van der Waals surface area contributed by atoms with E-state index in [0.717, 1.165) is 49.3 Å². The number of hydrogen-bond acceptors (Lipinski definition) is 3. The number of halogens is 1. The van der Waals surface area contributed by atoms with Crippen molar-refractivity contribution in [3.8, 4) is 0 Å². The van der Waals surface area contributed by atoms with Gasteiger partial charge in [-0.3, -0.25) is 0 Å². The van der Waals surface area contributed by atoms with Gasteiger partial charge in [0.25, 0.3) is 0 Å². The lowest BCUT2D eigenvalue weighted by Crippen LogP contribution is -2.44. The fourth-order valence-corrected chi connectivity index (χ4v) is 3.03. The van der Waals surface area contributed by atoms with Crippen LogP contribution in [0, 0.1) is 0 Å². The van der Waals surface area contributed by atoms with Crippen LogP contribution in [0.5, 0.6) is 0 Å². The van der Waals surface area contributed by atoms with Gasteiger partial charge in [-0.05, 0) is 40.0 Å². The third-order valence-electron chi connectivity index (χ3n) is 3.66. The van der Waals surface area contributed by atoms with Gasteiger partial charge in [-0.15, -0.1) is 0 Å². The summed E-state index contributed by atoms with van der Waals surface area (Å²) < 4.78 is 0.987. The number of pyridine rings is 1. The molecule has 0 radical (unpaired) electrons. The lowest BCUT2D eigenvalue weighted by atomic mass is 10.1. The summed E-state index contributed by atoms with van der Waals surface area (Å²) in [4.78, 5) is 7.14. The monoisotopic (exact) mass is 319 g/mol. The van der Waals surface area contributed by atoms with Crippen molar-refractivity contribution in [1.29, 1.82) is 0 Å². The molecule has 0 amide bonds. The third kappa shape index (κ3) is 3.14. The van der Waals surface area contributed by atoms with E-state index in [9.17, 15) is 0 Å². The van der Waals surface area contributed by atoms with E-state index in [4.69, 9.17) is 0 Å². The zero-order chi connectivity index (χ0) is 13.1. The Kier molecular flexibility index (Phi) is 4.11. The summed E-state index contributed by atoms with van der Waals surface area (Å²) in [5, 5.41) is 4.61. The molecule has 1 saturated heterocycles. The maximum absolute atomic E-state index is 4.63. The molecule has 0 atom stereocenters. The highest BCUT2D eigenvalue weighted by Gasteiger charge is 2.11. The first-order chi connectivity index (χ1) is 9.33. The predicted molar refractivity (Wildman–Crippen MR) is 82.5 cm³/mol. The lowest BCUT2D eigenvalue weighted by molar-refractivity contribution is 0.244. The highest BCUT2D eigenvalue weighted by atomic mass is 79.9. The Balaban J connectivity index is 1.74. The van der Waals surface area contributed by atoms with E-state index in [2.05, 4.69) is 55.4 Å². The number of nitrogens with zero attached hydrogens (tertiary/aromatic N) is 2. The molecule has 3 nitrogen and oxygen atoms in total. The Morgan fingerprint density at radius 3 is 2.84 bits per heavy atom. The number of nitrogens with one attached hydrogen (secondary N) is 1. The Morgan fingerprint density at radius 2 is 2.00 bits per heavy atom. The molecule has 0 bridgehead atoms. The second-order valence-electron chi connectivity index (χ2n) is 4.97. The van der Waals surface area contributed by atoms with Crippen LogP contribution in [0.3, 0.4) is 0 Å². The van der Waals surface area contributed by atoms with Crippen molar-refractivity contribution in [2.75, 3.05) is 32.7 Å². The van der Waals surface area contributed by atoms with Gasteiger partial charge in [-0.2, -0.15) is 0 Å². The molecule has 0 spiro atoms. The van der Waals surface area contributed by atoms with Crippen molar-refractivity contribution in [2.24, 2.45) is 0 Å². The van der Waals surface area contributed by atoms with E-state index in [0.29, 0.717) is 0 Å². The van der Waals surface area contributed by atoms with Crippen molar-refractivity contribution >= 4 is 26.8 Å². The van der Waals surface area contributed by atoms with Crippen molar-refractivity contribution in [3.05, 3.63) is 40.5 Å². The Morgan fingerprint density at radius 1 is 1.21 bits per heavy atom. The van der Waals surface area contributed by atoms with Gasteiger partial charge < -0.3 is 10.2 Å². The summed E-state index contributed by atoms with van der Waals surface area (Å²) in [5.41, 5.74) is 2.36. The number of benzene rings is 1. The van der Waals surface area contributed by atoms with Crippen molar-refractivity contribution in [1.82, 2.24) is 15.2 Å². The molecule has 1 aliphatic rings. The SMILES string of the molecule is Brc1nc2ccccc2cc1CCN1CCNCC1. The highest BCUT2D eigenvalue weighted by Crippen LogP contribution is 2.21. The molecular weight excluding hydrogens is 302 g/mol. The van der Waals surface area contributed by atoms with E-state index >= 15 is 0 Å². The second-order valence-corrected chi connectivity index (χ2v) is 5.72. The molecule has 0 aliphatic carbocycles. The molecule has 1 N–H and O–H groups in total. The summed E-state index contributed by atoms with van der Waals surface area (Å²) in [6.07, 6.45) is 1.05. The largest absolute Gasteiger partial charge is 0.314 e. The maximum Gasteiger partial charge on any atom is 0.110 e. The predicted octanol–water partition coefficient (Wildman–Crippen LogP) is 2.45. The van der Waals surface area contributed by atoms with Crippen molar-refractivity contribution < 1.29 is 0 Å². The van der Waals surface area contributed by atoms with Gasteiger partial charge in [-0.1, -0.05) is 18.2 Å². The van der Waals surface area contributed by atoms with Crippen LogP contribution in [0.1, 0.15) is 5.56 Å². The third-order valence-corrected chi connectivity index (χ3v) is 4.34. The zero-order valence-electron chi connectivity index (χ0n) is 10.9. The molecule has 2 aromatic rings. The van der Waals surface area contributed by atoms with Crippen LogP contribution in [0.25, 0.3) is 10.9 Å². The Labute approximate surface area is 122 Å². The van der Waals surface area contributed by atoms with Crippen LogP contribution in [0.2, 0.25) is 0 Å². The Bertz CT molecular complexity index is 564. The van der Waals surface area contributed by atoms with Gasteiger partial charge in [0.15, 0.2) is 0 Å². The molecule has 100 valence electrons. The van der Waals surface area contributed by atoms with Crippen molar-refractivity contribution in [3.63, 3.8) is 0 Å². The highest BCUT2D eigenvalue weighted by molar-refractivity contribution is 9.10. The van der Waals surface area contributed by atoms with E-state index in [1.807, 2.05) is 6.07 Å². The molecule has 0 saturated carbocycles. The number of piperazine rings is 1. The summed E-state index contributed by atoms with van der Waals surface area (Å²) in [6.45, 7) is 5.63. The number of para-hydroxylation sites is 1. The molecule has 1 fully saturated rings. The first-order valence-electron chi connectivity index (χ1n) is 6.80. The molecule has 1 aliphatic heterocycles. The van der Waals surface area contributed by atoms with Crippen molar-refractivity contribution in [2.45, 2.75) is 6.42 Å². The van der Waals surface area contributed by atoms with Gasteiger partial charge in [-0.25, -0.2) is 4.98 Å². The summed E-state index contributed by atoms with van der Waals surface area (Å²) in [6, 6.07) is 10.5. The number of hydrogen-bond donors (Lipinski definition) is 1. The van der Waals surface area contributed by atoms with Gasteiger partial charge >= 0.3 is 0 Å². The quantitative estimate of drug-likeness (QED) is 0.881. The van der Waals surface area contributed by atoms with Gasteiger partial charge in [0, 0.05) is 38.1 Å². The minimum absolute atomic E-state index is 0.987.